The van der Waals surface area contributed by atoms with Crippen LogP contribution < -0.4 is 4.74 Å². The molecule has 2 aromatic carbocycles. The van der Waals surface area contributed by atoms with Gasteiger partial charge in [0.25, 0.3) is 5.69 Å². The van der Waals surface area contributed by atoms with Gasteiger partial charge < -0.3 is 9.30 Å². The molecule has 0 spiro atoms. The van der Waals surface area contributed by atoms with Crippen LogP contribution in [0.2, 0.25) is 0 Å². The zero-order valence-electron chi connectivity index (χ0n) is 10.8. The molecule has 1 aromatic heterocycles. The van der Waals surface area contributed by atoms with Gasteiger partial charge in [-0.2, -0.15) is 0 Å². The maximum Gasteiger partial charge on any atom is 0.293 e. The summed E-state index contributed by atoms with van der Waals surface area (Å²) >= 11 is 0. The van der Waals surface area contributed by atoms with Crippen molar-refractivity contribution >= 4 is 16.6 Å². The lowest BCUT2D eigenvalue weighted by Gasteiger charge is -2.07. The van der Waals surface area contributed by atoms with E-state index in [1.807, 2.05) is 47.2 Å². The lowest BCUT2D eigenvalue weighted by molar-refractivity contribution is -0.383. The van der Waals surface area contributed by atoms with Crippen molar-refractivity contribution in [2.24, 2.45) is 0 Å². The number of nitro benzene ring substituents is 1. The Morgan fingerprint density at radius 1 is 1.10 bits per heavy atom. The highest BCUT2D eigenvalue weighted by atomic mass is 16.6. The van der Waals surface area contributed by atoms with Crippen LogP contribution in [0.15, 0.2) is 54.7 Å². The Kier molecular flexibility index (Phi) is 2.87. The highest BCUT2D eigenvalue weighted by molar-refractivity contribution is 5.90. The Morgan fingerprint density at radius 3 is 2.50 bits per heavy atom. The molecular weight excluding hydrogens is 256 g/mol. The van der Waals surface area contributed by atoms with E-state index in [4.69, 9.17) is 4.74 Å². The lowest BCUT2D eigenvalue weighted by atomic mass is 10.2. The van der Waals surface area contributed by atoms with E-state index in [1.165, 1.54) is 6.07 Å². The molecule has 0 saturated carbocycles. The third kappa shape index (κ3) is 1.89. The summed E-state index contributed by atoms with van der Waals surface area (Å²) in [6.45, 7) is 0. The molecule has 0 amide bonds. The van der Waals surface area contributed by atoms with E-state index in [1.54, 1.807) is 13.2 Å². The molecule has 0 aliphatic heterocycles. The number of benzene rings is 2. The van der Waals surface area contributed by atoms with Crippen LogP contribution in [0.3, 0.4) is 0 Å². The molecule has 0 atom stereocenters. The number of hydrogen-bond acceptors (Lipinski definition) is 3. The monoisotopic (exact) mass is 268 g/mol. The van der Waals surface area contributed by atoms with Crippen molar-refractivity contribution in [2.75, 3.05) is 7.11 Å². The molecule has 5 heteroatoms. The highest BCUT2D eigenvalue weighted by Crippen LogP contribution is 2.29. The summed E-state index contributed by atoms with van der Waals surface area (Å²) in [5, 5.41) is 12.0. The number of nitro groups is 1. The Morgan fingerprint density at radius 2 is 1.85 bits per heavy atom. The summed E-state index contributed by atoms with van der Waals surface area (Å²) in [7, 11) is 1.60. The van der Waals surface area contributed by atoms with Crippen molar-refractivity contribution in [1.82, 2.24) is 4.57 Å². The second kappa shape index (κ2) is 4.70. The van der Waals surface area contributed by atoms with Gasteiger partial charge in [-0.25, -0.2) is 0 Å². The van der Waals surface area contributed by atoms with E-state index in [0.29, 0.717) is 5.52 Å². The van der Waals surface area contributed by atoms with Crippen LogP contribution >= 0.6 is 0 Å². The molecule has 5 nitrogen and oxygen atoms in total. The Bertz CT molecular complexity index is 775. The van der Waals surface area contributed by atoms with E-state index in [2.05, 4.69) is 0 Å². The number of nitrogens with zero attached hydrogens (tertiary/aromatic N) is 2. The number of rotatable bonds is 3. The first-order chi connectivity index (χ1) is 9.70. The number of hydrogen-bond donors (Lipinski definition) is 0. The van der Waals surface area contributed by atoms with Crippen LogP contribution in [0.4, 0.5) is 5.69 Å². The van der Waals surface area contributed by atoms with Crippen molar-refractivity contribution in [3.8, 4) is 11.4 Å². The predicted molar refractivity (Wildman–Crippen MR) is 76.5 cm³/mol. The first-order valence-electron chi connectivity index (χ1n) is 6.09. The van der Waals surface area contributed by atoms with Gasteiger partial charge in [0.2, 0.25) is 0 Å². The van der Waals surface area contributed by atoms with Gasteiger partial charge >= 0.3 is 0 Å². The molecule has 0 saturated heterocycles. The predicted octanol–water partition coefficient (Wildman–Crippen LogP) is 3.55. The normalized spacial score (nSPS) is 10.7. The van der Waals surface area contributed by atoms with Gasteiger partial charge in [0.15, 0.2) is 0 Å². The molecule has 0 N–H and O–H groups in total. The van der Waals surface area contributed by atoms with Crippen molar-refractivity contribution in [3.63, 3.8) is 0 Å². The number of ether oxygens (including phenoxy) is 1. The summed E-state index contributed by atoms with van der Waals surface area (Å²) in [5.74, 6) is 0.750. The molecule has 0 aliphatic rings. The van der Waals surface area contributed by atoms with Crippen LogP contribution in [0.1, 0.15) is 0 Å². The summed E-state index contributed by atoms with van der Waals surface area (Å²) < 4.78 is 6.93. The van der Waals surface area contributed by atoms with E-state index in [9.17, 15) is 10.1 Å². The number of para-hydroxylation sites is 1. The Labute approximate surface area is 115 Å². The maximum atomic E-state index is 11.2. The van der Waals surface area contributed by atoms with Gasteiger partial charge in [0.05, 0.1) is 12.0 Å². The molecule has 0 bridgehead atoms. The third-order valence-corrected chi connectivity index (χ3v) is 3.24. The first-order valence-corrected chi connectivity index (χ1v) is 6.09. The third-order valence-electron chi connectivity index (χ3n) is 3.24. The van der Waals surface area contributed by atoms with Crippen molar-refractivity contribution in [2.45, 2.75) is 0 Å². The van der Waals surface area contributed by atoms with E-state index < -0.39 is 0 Å². The quantitative estimate of drug-likeness (QED) is 0.539. The molecular formula is C15H12N2O3. The smallest absolute Gasteiger partial charge is 0.293 e. The van der Waals surface area contributed by atoms with Crippen molar-refractivity contribution in [3.05, 3.63) is 64.8 Å². The Balaban J connectivity index is 2.22. The largest absolute Gasteiger partial charge is 0.497 e. The molecule has 1 heterocycles. The lowest BCUT2D eigenvalue weighted by Crippen LogP contribution is -1.96. The van der Waals surface area contributed by atoms with E-state index >= 15 is 0 Å². The molecule has 0 aliphatic carbocycles. The van der Waals surface area contributed by atoms with E-state index in [-0.39, 0.29) is 10.6 Å². The van der Waals surface area contributed by atoms with Crippen LogP contribution in [0.5, 0.6) is 5.75 Å². The molecule has 0 fully saturated rings. The fraction of sp³-hybridized carbons (Fsp3) is 0.0667. The average Bonchev–Trinajstić information content (AvgIpc) is 2.91. The minimum absolute atomic E-state index is 0.100. The zero-order chi connectivity index (χ0) is 14.1. The van der Waals surface area contributed by atoms with Crippen LogP contribution in [-0.4, -0.2) is 16.6 Å². The summed E-state index contributed by atoms with van der Waals surface area (Å²) in [5.41, 5.74) is 1.56. The fourth-order valence-corrected chi connectivity index (χ4v) is 2.28. The van der Waals surface area contributed by atoms with Crippen LogP contribution in [0, 0.1) is 10.1 Å². The number of non-ortho nitro benzene ring substituents is 1. The number of methoxy groups -OCH3 is 1. The average molecular weight is 268 g/mol. The highest BCUT2D eigenvalue weighted by Gasteiger charge is 2.15. The van der Waals surface area contributed by atoms with E-state index in [0.717, 1.165) is 16.8 Å². The summed E-state index contributed by atoms with van der Waals surface area (Å²) in [4.78, 5) is 10.8. The minimum atomic E-state index is -0.359. The minimum Gasteiger partial charge on any atom is -0.497 e. The number of fused-ring (bicyclic) bond motifs is 1. The second-order valence-electron chi connectivity index (χ2n) is 4.36. The SMILES string of the molecule is COc1ccc(-n2ccc3cccc([N+](=O)[O-])c32)cc1. The fourth-order valence-electron chi connectivity index (χ4n) is 2.28. The number of aromatic nitrogens is 1. The summed E-state index contributed by atoms with van der Waals surface area (Å²) in [6, 6.07) is 14.3. The molecule has 3 rings (SSSR count). The molecule has 100 valence electrons. The first kappa shape index (κ1) is 12.2. The van der Waals surface area contributed by atoms with Gasteiger partial charge in [0, 0.05) is 23.3 Å². The standard InChI is InChI=1S/C15H12N2O3/c1-20-13-7-5-12(6-8-13)16-10-9-11-3-2-4-14(15(11)16)17(18)19/h2-10H,1H3. The molecule has 3 aromatic rings. The second-order valence-corrected chi connectivity index (χ2v) is 4.36. The molecule has 0 radical (unpaired) electrons. The molecule has 0 unspecified atom stereocenters. The molecule has 20 heavy (non-hydrogen) atoms. The maximum absolute atomic E-state index is 11.2. The summed E-state index contributed by atoms with van der Waals surface area (Å²) in [6.07, 6.45) is 1.83. The van der Waals surface area contributed by atoms with Gasteiger partial charge in [-0.05, 0) is 30.3 Å². The van der Waals surface area contributed by atoms with Gasteiger partial charge in [-0.15, -0.1) is 0 Å². The van der Waals surface area contributed by atoms with Crippen LogP contribution in [-0.2, 0) is 0 Å². The van der Waals surface area contributed by atoms with Gasteiger partial charge in [-0.1, -0.05) is 12.1 Å². The van der Waals surface area contributed by atoms with Crippen molar-refractivity contribution < 1.29 is 9.66 Å². The van der Waals surface area contributed by atoms with Crippen molar-refractivity contribution in [1.29, 1.82) is 0 Å². The zero-order valence-corrected chi connectivity index (χ0v) is 10.8. The van der Waals surface area contributed by atoms with Gasteiger partial charge in [-0.3, -0.25) is 10.1 Å². The topological polar surface area (TPSA) is 57.3 Å². The Hall–Kier alpha value is -2.82. The van der Waals surface area contributed by atoms with Crippen LogP contribution in [0.25, 0.3) is 16.6 Å². The van der Waals surface area contributed by atoms with Gasteiger partial charge in [0.1, 0.15) is 11.3 Å².